The largest absolute Gasteiger partial charge is 0.415 e. The van der Waals surface area contributed by atoms with Gasteiger partial charge in [-0.05, 0) is 17.7 Å². The van der Waals surface area contributed by atoms with Crippen LogP contribution in [0.15, 0.2) is 32.5 Å². The van der Waals surface area contributed by atoms with Gasteiger partial charge in [-0.25, -0.2) is 4.98 Å². The van der Waals surface area contributed by atoms with E-state index in [1.807, 2.05) is 12.3 Å². The molecule has 3 heterocycles. The topological polar surface area (TPSA) is 51.8 Å². The Morgan fingerprint density at radius 2 is 2.20 bits per heavy atom. The molecule has 8 heteroatoms. The Balaban J connectivity index is 1.60. The first-order valence-corrected chi connectivity index (χ1v) is 9.91. The maximum absolute atomic E-state index is 5.52. The van der Waals surface area contributed by atoms with E-state index < -0.39 is 0 Å². The smallest absolute Gasteiger partial charge is 0.276 e. The standard InChI is InChI=1S/C12H11N3OS4/c1-17-7-10-14-15-12(16-10)20-6-8-5-19-11(13-8)9-3-2-4-18-9/h2-5H,6-7H2,1H3. The highest BCUT2D eigenvalue weighted by molar-refractivity contribution is 7.98. The van der Waals surface area contributed by atoms with Crippen LogP contribution in [0, 0.1) is 0 Å². The van der Waals surface area contributed by atoms with E-state index in [1.165, 1.54) is 16.6 Å². The van der Waals surface area contributed by atoms with Gasteiger partial charge >= 0.3 is 0 Å². The van der Waals surface area contributed by atoms with Crippen LogP contribution in [0.4, 0.5) is 0 Å². The summed E-state index contributed by atoms with van der Waals surface area (Å²) in [5, 5.41) is 13.8. The molecule has 4 nitrogen and oxygen atoms in total. The van der Waals surface area contributed by atoms with Crippen LogP contribution in [0.2, 0.25) is 0 Å². The van der Waals surface area contributed by atoms with Crippen molar-refractivity contribution in [1.82, 2.24) is 15.2 Å². The van der Waals surface area contributed by atoms with E-state index in [-0.39, 0.29) is 0 Å². The number of hydrogen-bond donors (Lipinski definition) is 0. The molecule has 3 aromatic rings. The number of aromatic nitrogens is 3. The zero-order chi connectivity index (χ0) is 13.8. The fraction of sp³-hybridized carbons (Fsp3) is 0.250. The van der Waals surface area contributed by atoms with Crippen LogP contribution in [-0.2, 0) is 11.5 Å². The molecule has 0 unspecified atom stereocenters. The molecule has 0 aliphatic rings. The molecule has 0 fully saturated rings. The fourth-order valence-corrected chi connectivity index (χ4v) is 4.28. The van der Waals surface area contributed by atoms with Crippen LogP contribution in [-0.4, -0.2) is 21.4 Å². The van der Waals surface area contributed by atoms with Crippen LogP contribution in [0.3, 0.4) is 0 Å². The second-order valence-corrected chi connectivity index (χ2v) is 7.40. The summed E-state index contributed by atoms with van der Waals surface area (Å²) >= 11 is 6.58. The SMILES string of the molecule is CSCc1nnc(SCc2csc(-c3cccs3)n2)o1. The Bertz CT molecular complexity index is 662. The maximum Gasteiger partial charge on any atom is 0.276 e. The van der Waals surface area contributed by atoms with Crippen LogP contribution in [0.1, 0.15) is 11.6 Å². The van der Waals surface area contributed by atoms with Crippen molar-refractivity contribution < 1.29 is 4.42 Å². The zero-order valence-electron chi connectivity index (χ0n) is 10.6. The monoisotopic (exact) mass is 341 g/mol. The summed E-state index contributed by atoms with van der Waals surface area (Å²) in [6, 6.07) is 4.13. The summed E-state index contributed by atoms with van der Waals surface area (Å²) < 4.78 is 5.52. The van der Waals surface area contributed by atoms with E-state index in [4.69, 9.17) is 4.42 Å². The molecule has 0 spiro atoms. The summed E-state index contributed by atoms with van der Waals surface area (Å²) in [6.07, 6.45) is 2.01. The lowest BCUT2D eigenvalue weighted by Crippen LogP contribution is -1.81. The van der Waals surface area contributed by atoms with Gasteiger partial charge in [0.15, 0.2) is 0 Å². The van der Waals surface area contributed by atoms with E-state index in [1.54, 1.807) is 34.4 Å². The second kappa shape index (κ2) is 6.75. The Morgan fingerprint density at radius 3 is 3.00 bits per heavy atom. The Morgan fingerprint density at radius 1 is 1.25 bits per heavy atom. The second-order valence-electron chi connectivity index (χ2n) is 3.80. The van der Waals surface area contributed by atoms with E-state index in [9.17, 15) is 0 Å². The fourth-order valence-electron chi connectivity index (χ4n) is 1.50. The van der Waals surface area contributed by atoms with E-state index in [2.05, 4.69) is 32.0 Å². The highest BCUT2D eigenvalue weighted by Crippen LogP contribution is 2.30. The van der Waals surface area contributed by atoms with Gasteiger partial charge in [0.05, 0.1) is 16.3 Å². The molecular formula is C12H11N3OS4. The van der Waals surface area contributed by atoms with Crippen molar-refractivity contribution in [3.05, 3.63) is 34.5 Å². The molecule has 3 aromatic heterocycles. The van der Waals surface area contributed by atoms with Gasteiger partial charge in [0.1, 0.15) is 5.01 Å². The van der Waals surface area contributed by atoms with Gasteiger partial charge in [-0.2, -0.15) is 11.8 Å². The third-order valence-corrected chi connectivity index (χ3v) is 5.66. The Kier molecular flexibility index (Phi) is 4.77. The van der Waals surface area contributed by atoms with Crippen molar-refractivity contribution in [1.29, 1.82) is 0 Å². The molecule has 0 radical (unpaired) electrons. The van der Waals surface area contributed by atoms with Crippen molar-refractivity contribution >= 4 is 46.2 Å². The first-order valence-electron chi connectivity index (χ1n) is 5.77. The van der Waals surface area contributed by atoms with Crippen LogP contribution < -0.4 is 0 Å². The van der Waals surface area contributed by atoms with Gasteiger partial charge in [0, 0.05) is 11.1 Å². The number of nitrogens with zero attached hydrogens (tertiary/aromatic N) is 3. The molecular weight excluding hydrogens is 330 g/mol. The van der Waals surface area contributed by atoms with Crippen molar-refractivity contribution in [2.75, 3.05) is 6.26 Å². The zero-order valence-corrected chi connectivity index (χ0v) is 13.9. The molecule has 0 aliphatic carbocycles. The van der Waals surface area contributed by atoms with Crippen LogP contribution in [0.5, 0.6) is 0 Å². The predicted octanol–water partition coefficient (Wildman–Crippen LogP) is 4.41. The molecule has 0 N–H and O–H groups in total. The first kappa shape index (κ1) is 14.1. The molecule has 0 aromatic carbocycles. The average molecular weight is 342 g/mol. The Labute approximate surface area is 133 Å². The minimum atomic E-state index is 0.611. The predicted molar refractivity (Wildman–Crippen MR) is 86.5 cm³/mol. The molecule has 0 saturated carbocycles. The molecule has 0 aliphatic heterocycles. The van der Waals surface area contributed by atoms with Gasteiger partial charge in [0.25, 0.3) is 5.22 Å². The molecule has 3 rings (SSSR count). The van der Waals surface area contributed by atoms with E-state index in [0.717, 1.165) is 22.2 Å². The van der Waals surface area contributed by atoms with Crippen molar-refractivity contribution in [2.45, 2.75) is 16.7 Å². The summed E-state index contributed by atoms with van der Waals surface area (Å²) in [5.74, 6) is 2.19. The van der Waals surface area contributed by atoms with Gasteiger partial charge in [-0.1, -0.05) is 17.8 Å². The highest BCUT2D eigenvalue weighted by atomic mass is 32.2. The van der Waals surface area contributed by atoms with Crippen molar-refractivity contribution in [3.8, 4) is 9.88 Å². The van der Waals surface area contributed by atoms with E-state index >= 15 is 0 Å². The van der Waals surface area contributed by atoms with Crippen LogP contribution >= 0.6 is 46.2 Å². The van der Waals surface area contributed by atoms with Crippen molar-refractivity contribution in [3.63, 3.8) is 0 Å². The molecule has 104 valence electrons. The third-order valence-electron chi connectivity index (χ3n) is 2.34. The van der Waals surface area contributed by atoms with E-state index in [0.29, 0.717) is 11.1 Å². The van der Waals surface area contributed by atoms with Crippen molar-refractivity contribution in [2.24, 2.45) is 0 Å². The summed E-state index contributed by atoms with van der Waals surface area (Å²) in [5.41, 5.74) is 1.05. The summed E-state index contributed by atoms with van der Waals surface area (Å²) in [4.78, 5) is 5.84. The van der Waals surface area contributed by atoms with Gasteiger partial charge < -0.3 is 4.42 Å². The lowest BCUT2D eigenvalue weighted by Gasteiger charge is -1.92. The number of thiophene rings is 1. The van der Waals surface area contributed by atoms with Gasteiger partial charge in [-0.3, -0.25) is 0 Å². The number of hydrogen-bond acceptors (Lipinski definition) is 8. The summed E-state index contributed by atoms with van der Waals surface area (Å²) in [7, 11) is 0. The number of thiazole rings is 1. The number of thioether (sulfide) groups is 2. The number of rotatable bonds is 6. The van der Waals surface area contributed by atoms with Gasteiger partial charge in [-0.15, -0.1) is 32.9 Å². The Hall–Kier alpha value is -0.830. The first-order chi connectivity index (χ1) is 9.85. The molecule has 0 amide bonds. The summed E-state index contributed by atoms with van der Waals surface area (Å²) in [6.45, 7) is 0. The quantitative estimate of drug-likeness (QED) is 0.619. The molecule has 0 saturated heterocycles. The minimum Gasteiger partial charge on any atom is -0.415 e. The van der Waals surface area contributed by atoms with Gasteiger partial charge in [0.2, 0.25) is 5.89 Å². The lowest BCUT2D eigenvalue weighted by atomic mass is 10.5. The lowest BCUT2D eigenvalue weighted by molar-refractivity contribution is 0.426. The molecule has 0 atom stereocenters. The normalized spacial score (nSPS) is 11.1. The third kappa shape index (κ3) is 3.43. The maximum atomic E-state index is 5.52. The molecule has 20 heavy (non-hydrogen) atoms. The average Bonchev–Trinajstić information content (AvgIpc) is 3.18. The highest BCUT2D eigenvalue weighted by Gasteiger charge is 2.09. The van der Waals surface area contributed by atoms with Crippen LogP contribution in [0.25, 0.3) is 9.88 Å². The minimum absolute atomic E-state index is 0.611. The molecule has 0 bridgehead atoms.